The Morgan fingerprint density at radius 2 is 1.95 bits per heavy atom. The summed E-state index contributed by atoms with van der Waals surface area (Å²) < 4.78 is 5.19. The van der Waals surface area contributed by atoms with E-state index in [-0.39, 0.29) is 6.03 Å². The number of rotatable bonds is 2. The number of carboxylic acid groups (broad SMARTS) is 1. The highest BCUT2D eigenvalue weighted by atomic mass is 32.2. The van der Waals surface area contributed by atoms with Gasteiger partial charge >= 0.3 is 12.0 Å². The normalized spacial score (nSPS) is 23.5. The van der Waals surface area contributed by atoms with Crippen LogP contribution in [0.15, 0.2) is 0 Å². The Bertz CT molecular complexity index is 337. The van der Waals surface area contributed by atoms with Gasteiger partial charge < -0.3 is 20.1 Å². The monoisotopic (exact) mass is 288 g/mol. The third-order valence-corrected chi connectivity index (χ3v) is 4.66. The molecule has 19 heavy (non-hydrogen) atoms. The van der Waals surface area contributed by atoms with Crippen molar-refractivity contribution < 1.29 is 19.4 Å². The maximum atomic E-state index is 12.2. The van der Waals surface area contributed by atoms with Crippen molar-refractivity contribution in [3.05, 3.63) is 0 Å². The topological polar surface area (TPSA) is 78.9 Å². The number of amides is 2. The number of carbonyl (C=O) groups excluding carboxylic acids is 1. The lowest BCUT2D eigenvalue weighted by molar-refractivity contribution is -0.148. The van der Waals surface area contributed by atoms with Crippen LogP contribution in [0.4, 0.5) is 4.79 Å². The first kappa shape index (κ1) is 14.5. The minimum absolute atomic E-state index is 0.258. The maximum Gasteiger partial charge on any atom is 0.329 e. The molecule has 2 N–H and O–H groups in total. The summed E-state index contributed by atoms with van der Waals surface area (Å²) in [7, 11) is 0. The molecule has 0 bridgehead atoms. The molecule has 0 aliphatic carbocycles. The van der Waals surface area contributed by atoms with Crippen molar-refractivity contribution >= 4 is 23.8 Å². The van der Waals surface area contributed by atoms with Crippen LogP contribution in [0.5, 0.6) is 0 Å². The fourth-order valence-electron chi connectivity index (χ4n) is 2.35. The molecule has 0 atom stereocenters. The Labute approximate surface area is 116 Å². The van der Waals surface area contributed by atoms with Crippen LogP contribution >= 0.6 is 11.8 Å². The average Bonchev–Trinajstić information content (AvgIpc) is 2.68. The van der Waals surface area contributed by atoms with Crippen molar-refractivity contribution in [1.29, 1.82) is 0 Å². The van der Waals surface area contributed by atoms with E-state index in [1.165, 1.54) is 0 Å². The summed E-state index contributed by atoms with van der Waals surface area (Å²) in [5, 5.41) is 12.1. The number of carboxylic acids is 1. The number of thioether (sulfide) groups is 1. The molecule has 0 unspecified atom stereocenters. The van der Waals surface area contributed by atoms with Gasteiger partial charge in [-0.3, -0.25) is 0 Å². The number of hydrogen-bond donors (Lipinski definition) is 2. The van der Waals surface area contributed by atoms with Gasteiger partial charge in [-0.25, -0.2) is 9.59 Å². The predicted molar refractivity (Wildman–Crippen MR) is 72.5 cm³/mol. The molecule has 0 aromatic heterocycles. The molecular formula is C12H20N2O4S. The van der Waals surface area contributed by atoms with Gasteiger partial charge in [-0.15, -0.1) is 0 Å². The highest BCUT2D eigenvalue weighted by Crippen LogP contribution is 2.22. The van der Waals surface area contributed by atoms with Crippen LogP contribution in [0.1, 0.15) is 19.3 Å². The number of ether oxygens (including phenoxy) is 1. The zero-order chi connectivity index (χ0) is 13.7. The van der Waals surface area contributed by atoms with Crippen LogP contribution in [0.3, 0.4) is 0 Å². The van der Waals surface area contributed by atoms with Crippen LogP contribution in [0.25, 0.3) is 0 Å². The minimum Gasteiger partial charge on any atom is -0.480 e. The molecule has 2 amide bonds. The molecule has 0 aromatic rings. The SMILES string of the molecule is O=C(NC1(C(=O)O)CCOCC1)N1CCCSCC1. The van der Waals surface area contributed by atoms with E-state index in [9.17, 15) is 14.7 Å². The molecule has 2 aliphatic rings. The number of aliphatic carboxylic acids is 1. The smallest absolute Gasteiger partial charge is 0.329 e. The van der Waals surface area contributed by atoms with Crippen LogP contribution < -0.4 is 5.32 Å². The van der Waals surface area contributed by atoms with E-state index in [1.807, 2.05) is 11.8 Å². The zero-order valence-electron chi connectivity index (χ0n) is 10.9. The van der Waals surface area contributed by atoms with Crippen molar-refractivity contribution in [1.82, 2.24) is 10.2 Å². The van der Waals surface area contributed by atoms with Crippen molar-refractivity contribution in [3.63, 3.8) is 0 Å². The van der Waals surface area contributed by atoms with Crippen molar-refractivity contribution in [3.8, 4) is 0 Å². The Morgan fingerprint density at radius 1 is 1.21 bits per heavy atom. The molecule has 2 rings (SSSR count). The minimum atomic E-state index is -1.16. The van der Waals surface area contributed by atoms with Gasteiger partial charge in [0.25, 0.3) is 0 Å². The molecule has 2 heterocycles. The Kier molecular flexibility index (Phi) is 4.93. The molecule has 7 heteroatoms. The first-order chi connectivity index (χ1) is 9.14. The van der Waals surface area contributed by atoms with Crippen LogP contribution in [0, 0.1) is 0 Å². The van der Waals surface area contributed by atoms with Crippen LogP contribution in [-0.2, 0) is 9.53 Å². The summed E-state index contributed by atoms with van der Waals surface area (Å²) in [5.41, 5.74) is -1.16. The maximum absolute atomic E-state index is 12.2. The van der Waals surface area contributed by atoms with Crippen molar-refractivity contribution in [2.45, 2.75) is 24.8 Å². The number of carbonyl (C=O) groups is 2. The lowest BCUT2D eigenvalue weighted by atomic mass is 9.90. The fourth-order valence-corrected chi connectivity index (χ4v) is 3.23. The van der Waals surface area contributed by atoms with E-state index in [0.29, 0.717) is 39.1 Å². The molecule has 2 fully saturated rings. The molecule has 0 aromatic carbocycles. The van der Waals surface area contributed by atoms with Crippen LogP contribution in [-0.4, -0.2) is 65.4 Å². The van der Waals surface area contributed by atoms with E-state index in [0.717, 1.165) is 17.9 Å². The second-order valence-corrected chi connectivity index (χ2v) is 6.11. The van der Waals surface area contributed by atoms with Gasteiger partial charge in [-0.2, -0.15) is 11.8 Å². The standard InChI is InChI=1S/C12H20N2O4S/c15-10(16)12(2-6-18-7-3-12)13-11(17)14-4-1-8-19-9-5-14/h1-9H2,(H,13,17)(H,15,16). The lowest BCUT2D eigenvalue weighted by Gasteiger charge is -2.35. The molecular weight excluding hydrogens is 268 g/mol. The summed E-state index contributed by atoms with van der Waals surface area (Å²) in [6, 6.07) is -0.258. The second kappa shape index (κ2) is 6.47. The van der Waals surface area contributed by atoms with Gasteiger partial charge in [0.05, 0.1) is 0 Å². The van der Waals surface area contributed by atoms with E-state index in [1.54, 1.807) is 4.90 Å². The predicted octanol–water partition coefficient (Wildman–Crippen LogP) is 0.769. The Morgan fingerprint density at radius 3 is 2.63 bits per heavy atom. The van der Waals surface area contributed by atoms with Gasteiger partial charge in [-0.05, 0) is 12.2 Å². The van der Waals surface area contributed by atoms with E-state index < -0.39 is 11.5 Å². The van der Waals surface area contributed by atoms with E-state index >= 15 is 0 Å². The van der Waals surface area contributed by atoms with Gasteiger partial charge in [0.15, 0.2) is 0 Å². The van der Waals surface area contributed by atoms with Gasteiger partial charge in [-0.1, -0.05) is 0 Å². The Hall–Kier alpha value is -0.950. The first-order valence-corrected chi connectivity index (χ1v) is 7.75. The lowest BCUT2D eigenvalue weighted by Crippen LogP contribution is -2.60. The molecule has 6 nitrogen and oxygen atoms in total. The third-order valence-electron chi connectivity index (χ3n) is 3.61. The number of nitrogens with one attached hydrogen (secondary N) is 1. The summed E-state index contributed by atoms with van der Waals surface area (Å²) in [5.74, 6) is 1.01. The molecule has 2 saturated heterocycles. The molecule has 2 aliphatic heterocycles. The Balaban J connectivity index is 1.99. The summed E-state index contributed by atoms with van der Waals surface area (Å²) in [4.78, 5) is 25.4. The number of urea groups is 1. The number of nitrogens with zero attached hydrogens (tertiary/aromatic N) is 1. The summed E-state index contributed by atoms with van der Waals surface area (Å²) >= 11 is 1.83. The van der Waals surface area contributed by atoms with Crippen molar-refractivity contribution in [2.75, 3.05) is 37.8 Å². The van der Waals surface area contributed by atoms with Crippen molar-refractivity contribution in [2.24, 2.45) is 0 Å². The van der Waals surface area contributed by atoms with Gasteiger partial charge in [0.2, 0.25) is 0 Å². The highest BCUT2D eigenvalue weighted by Gasteiger charge is 2.42. The van der Waals surface area contributed by atoms with E-state index in [4.69, 9.17) is 4.74 Å². The second-order valence-electron chi connectivity index (χ2n) is 4.88. The van der Waals surface area contributed by atoms with Gasteiger partial charge in [0.1, 0.15) is 5.54 Å². The van der Waals surface area contributed by atoms with Gasteiger partial charge in [0, 0.05) is 44.9 Å². The summed E-state index contributed by atoms with van der Waals surface area (Å²) in [6.07, 6.45) is 1.62. The highest BCUT2D eigenvalue weighted by molar-refractivity contribution is 7.99. The molecule has 0 radical (unpaired) electrons. The number of hydrogen-bond acceptors (Lipinski definition) is 4. The average molecular weight is 288 g/mol. The van der Waals surface area contributed by atoms with Crippen LogP contribution in [0.2, 0.25) is 0 Å². The first-order valence-electron chi connectivity index (χ1n) is 6.60. The largest absolute Gasteiger partial charge is 0.480 e. The quantitative estimate of drug-likeness (QED) is 0.784. The third kappa shape index (κ3) is 3.54. The molecule has 108 valence electrons. The fraction of sp³-hybridized carbons (Fsp3) is 0.833. The zero-order valence-corrected chi connectivity index (χ0v) is 11.7. The molecule has 0 saturated carbocycles. The molecule has 0 spiro atoms. The van der Waals surface area contributed by atoms with E-state index in [2.05, 4.69) is 5.32 Å². The summed E-state index contributed by atoms with van der Waals surface area (Å²) in [6.45, 7) is 2.14.